The van der Waals surface area contributed by atoms with Crippen molar-refractivity contribution in [1.82, 2.24) is 15.2 Å². The number of aromatic amines is 1. The number of aryl methyl sites for hydroxylation is 1. The Kier molecular flexibility index (Phi) is 6.55. The van der Waals surface area contributed by atoms with Crippen LogP contribution >= 0.6 is 8.25 Å². The zero-order chi connectivity index (χ0) is 9.40. The Morgan fingerprint density at radius 3 is 2.58 bits per heavy atom. The zero-order valence-corrected chi connectivity index (χ0v) is 7.69. The Hall–Kier alpha value is -0.710. The molecule has 1 heterocycles. The van der Waals surface area contributed by atoms with Gasteiger partial charge in [-0.3, -0.25) is 9.66 Å². The van der Waals surface area contributed by atoms with Crippen molar-refractivity contribution in [3.05, 3.63) is 12.2 Å². The molecular weight excluding hydrogens is 181 g/mol. The molecule has 1 aromatic heterocycles. The Morgan fingerprint density at radius 2 is 2.25 bits per heavy atom. The number of nitrogens with one attached hydrogen (secondary N) is 1. The molecule has 0 saturated carbocycles. The summed E-state index contributed by atoms with van der Waals surface area (Å²) < 4.78 is 8.74. The fourth-order valence-electron chi connectivity index (χ4n) is 0.580. The summed E-state index contributed by atoms with van der Waals surface area (Å²) >= 11 is 0. The molecule has 0 aliphatic heterocycles. The molecule has 1 aromatic rings. The van der Waals surface area contributed by atoms with Gasteiger partial charge in [0.05, 0.1) is 0 Å². The Morgan fingerprint density at radius 1 is 1.67 bits per heavy atom. The highest BCUT2D eigenvalue weighted by Gasteiger charge is 1.89. The van der Waals surface area contributed by atoms with Crippen molar-refractivity contribution >= 4 is 8.25 Å². The molecule has 0 bridgehead atoms. The highest BCUT2D eigenvalue weighted by atomic mass is 31.1. The standard InChI is InChI=1S/C5H9N3.H3O3P/c1-2-3-5-6-4-7-8-5;1-4(2)3/h4H,2-3H2,1H3,(H,6,7,8);4H,(H2,1,2,3). The number of nitrogens with zero attached hydrogens (tertiary/aromatic N) is 2. The summed E-state index contributed by atoms with van der Waals surface area (Å²) in [5.74, 6) is 0.910. The van der Waals surface area contributed by atoms with E-state index in [0.717, 1.165) is 18.7 Å². The summed E-state index contributed by atoms with van der Waals surface area (Å²) in [6.07, 6.45) is 3.69. The fraction of sp³-hybridized carbons (Fsp3) is 0.600. The van der Waals surface area contributed by atoms with Gasteiger partial charge in [-0.05, 0) is 6.42 Å². The Balaban J connectivity index is 0.000000261. The van der Waals surface area contributed by atoms with Crippen LogP contribution in [0.5, 0.6) is 0 Å². The van der Waals surface area contributed by atoms with E-state index in [1.165, 1.54) is 0 Å². The Labute approximate surface area is 70.6 Å². The van der Waals surface area contributed by atoms with Crippen molar-refractivity contribution in [2.75, 3.05) is 0 Å². The highest BCUT2D eigenvalue weighted by Crippen LogP contribution is 1.98. The minimum Gasteiger partial charge on any atom is -0.326 e. The largest absolute Gasteiger partial charge is 0.326 e. The molecule has 0 radical (unpaired) electrons. The lowest BCUT2D eigenvalue weighted by molar-refractivity contribution is 0.405. The maximum atomic E-state index is 8.74. The maximum Gasteiger partial charge on any atom is 0.314 e. The molecule has 0 aliphatic rings. The van der Waals surface area contributed by atoms with Crippen LogP contribution in [0.25, 0.3) is 0 Å². The second-order valence-corrected chi connectivity index (χ2v) is 2.51. The maximum absolute atomic E-state index is 8.74. The summed E-state index contributed by atoms with van der Waals surface area (Å²) in [6.45, 7) is 2.11. The first-order valence-corrected chi connectivity index (χ1v) is 4.73. The molecule has 0 aliphatic carbocycles. The van der Waals surface area contributed by atoms with Gasteiger partial charge in [0.15, 0.2) is 0 Å². The first-order valence-electron chi connectivity index (χ1n) is 3.43. The van der Waals surface area contributed by atoms with Crippen LogP contribution in [0.2, 0.25) is 0 Å². The zero-order valence-electron chi connectivity index (χ0n) is 6.69. The van der Waals surface area contributed by atoms with E-state index < -0.39 is 8.25 Å². The highest BCUT2D eigenvalue weighted by molar-refractivity contribution is 7.30. The number of hydrogen-bond acceptors (Lipinski definition) is 3. The summed E-state index contributed by atoms with van der Waals surface area (Å²) in [7, 11) is -3.13. The van der Waals surface area contributed by atoms with Crippen molar-refractivity contribution < 1.29 is 14.4 Å². The average Bonchev–Trinajstić information content (AvgIpc) is 2.39. The van der Waals surface area contributed by atoms with Crippen LogP contribution in [-0.4, -0.2) is 25.0 Å². The van der Waals surface area contributed by atoms with E-state index in [1.54, 1.807) is 6.33 Å². The summed E-state index contributed by atoms with van der Waals surface area (Å²) in [5.41, 5.74) is 0. The van der Waals surface area contributed by atoms with Gasteiger partial charge in [-0.2, -0.15) is 5.10 Å². The fourth-order valence-corrected chi connectivity index (χ4v) is 0.580. The smallest absolute Gasteiger partial charge is 0.314 e. The van der Waals surface area contributed by atoms with Crippen LogP contribution in [0, 0.1) is 0 Å². The number of H-pyrrole nitrogens is 1. The number of aromatic nitrogens is 3. The van der Waals surface area contributed by atoms with E-state index in [0.29, 0.717) is 0 Å². The summed E-state index contributed by atoms with van der Waals surface area (Å²) in [4.78, 5) is 18.3. The van der Waals surface area contributed by atoms with Crippen molar-refractivity contribution in [3.8, 4) is 0 Å². The molecule has 6 nitrogen and oxygen atoms in total. The third-order valence-electron chi connectivity index (χ3n) is 0.939. The van der Waals surface area contributed by atoms with Gasteiger partial charge in [0.2, 0.25) is 0 Å². The minimum absolute atomic E-state index is 0.910. The third-order valence-corrected chi connectivity index (χ3v) is 0.939. The molecular formula is C5H12N3O3P. The lowest BCUT2D eigenvalue weighted by Crippen LogP contribution is -1.84. The van der Waals surface area contributed by atoms with E-state index in [-0.39, 0.29) is 0 Å². The molecule has 0 amide bonds. The van der Waals surface area contributed by atoms with Gasteiger partial charge in [-0.25, -0.2) is 4.98 Å². The average molecular weight is 193 g/mol. The van der Waals surface area contributed by atoms with Gasteiger partial charge >= 0.3 is 8.25 Å². The first-order chi connectivity index (χ1) is 5.66. The second kappa shape index (κ2) is 6.97. The lowest BCUT2D eigenvalue weighted by atomic mass is 10.3. The van der Waals surface area contributed by atoms with Crippen LogP contribution in [0.15, 0.2) is 6.33 Å². The number of hydrogen-bond donors (Lipinski definition) is 3. The SMILES string of the molecule is CCCc1nc[nH]n1.O=[PH](O)O. The van der Waals surface area contributed by atoms with Gasteiger partial charge in [0.1, 0.15) is 12.2 Å². The van der Waals surface area contributed by atoms with Crippen molar-refractivity contribution in [1.29, 1.82) is 0 Å². The van der Waals surface area contributed by atoms with Crippen LogP contribution in [0.4, 0.5) is 0 Å². The topological polar surface area (TPSA) is 99.1 Å². The van der Waals surface area contributed by atoms with Crippen LogP contribution in [-0.2, 0) is 11.0 Å². The minimum atomic E-state index is -3.13. The predicted octanol–water partition coefficient (Wildman–Crippen LogP) is 0.118. The first kappa shape index (κ1) is 11.3. The number of rotatable bonds is 2. The molecule has 1 rings (SSSR count). The molecule has 0 atom stereocenters. The Bertz CT molecular complexity index is 210. The molecule has 0 saturated heterocycles. The molecule has 0 aromatic carbocycles. The molecule has 3 N–H and O–H groups in total. The summed E-state index contributed by atoms with van der Waals surface area (Å²) in [6, 6.07) is 0. The molecule has 0 fully saturated rings. The van der Waals surface area contributed by atoms with Crippen molar-refractivity contribution in [3.63, 3.8) is 0 Å². The van der Waals surface area contributed by atoms with Crippen LogP contribution in [0.1, 0.15) is 19.2 Å². The van der Waals surface area contributed by atoms with Crippen molar-refractivity contribution in [2.45, 2.75) is 19.8 Å². The van der Waals surface area contributed by atoms with Crippen molar-refractivity contribution in [2.24, 2.45) is 0 Å². The molecule has 7 heteroatoms. The van der Waals surface area contributed by atoms with Gasteiger partial charge in [0.25, 0.3) is 0 Å². The van der Waals surface area contributed by atoms with E-state index in [1.807, 2.05) is 0 Å². The van der Waals surface area contributed by atoms with E-state index in [4.69, 9.17) is 14.4 Å². The monoisotopic (exact) mass is 193 g/mol. The molecule has 0 spiro atoms. The normalized spacial score (nSPS) is 9.33. The third kappa shape index (κ3) is 7.40. The van der Waals surface area contributed by atoms with Gasteiger partial charge in [-0.15, -0.1) is 0 Å². The molecule has 12 heavy (non-hydrogen) atoms. The van der Waals surface area contributed by atoms with Crippen LogP contribution in [0.3, 0.4) is 0 Å². The van der Waals surface area contributed by atoms with Gasteiger partial charge in [-0.1, -0.05) is 6.92 Å². The van der Waals surface area contributed by atoms with Gasteiger partial charge in [0, 0.05) is 6.42 Å². The molecule has 70 valence electrons. The van der Waals surface area contributed by atoms with E-state index in [2.05, 4.69) is 22.1 Å². The second-order valence-electron chi connectivity index (χ2n) is 1.95. The van der Waals surface area contributed by atoms with Crippen LogP contribution < -0.4 is 0 Å². The van der Waals surface area contributed by atoms with E-state index in [9.17, 15) is 0 Å². The lowest BCUT2D eigenvalue weighted by Gasteiger charge is -1.82. The quantitative estimate of drug-likeness (QED) is 0.579. The molecule has 0 unspecified atom stereocenters. The predicted molar refractivity (Wildman–Crippen MR) is 43.8 cm³/mol. The van der Waals surface area contributed by atoms with E-state index >= 15 is 0 Å². The van der Waals surface area contributed by atoms with Gasteiger partial charge < -0.3 is 9.79 Å². The summed E-state index contributed by atoms with van der Waals surface area (Å²) in [5, 5.41) is 6.52.